The van der Waals surface area contributed by atoms with Crippen LogP contribution in [-0.4, -0.2) is 39.5 Å². The van der Waals surface area contributed by atoms with E-state index in [1.807, 2.05) is 12.1 Å². The molecule has 1 aliphatic heterocycles. The van der Waals surface area contributed by atoms with E-state index >= 15 is 0 Å². The lowest BCUT2D eigenvalue weighted by atomic mass is 9.99. The van der Waals surface area contributed by atoms with Crippen molar-refractivity contribution < 1.29 is 9.64 Å². The fourth-order valence-corrected chi connectivity index (χ4v) is 5.16. The molecule has 2 heterocycles. The van der Waals surface area contributed by atoms with E-state index in [1.54, 1.807) is 0 Å². The molecule has 0 radical (unpaired) electrons. The minimum Gasteiger partial charge on any atom is -0.372 e. The molecule has 1 aromatic heterocycles. The number of nitrogens with zero attached hydrogens (tertiary/aromatic N) is 4. The third-order valence-corrected chi connectivity index (χ3v) is 6.68. The molecule has 2 aromatic rings. The SMILES string of the molecule is CC(C)[C@@H](c1nnnn1C1CCCC1)[NH+](Cc1ccc(Cl)cc1)C[C@@H]1CCCO1. The largest absolute Gasteiger partial charge is 0.372 e. The molecule has 3 atom stereocenters. The zero-order chi connectivity index (χ0) is 20.2. The Kier molecular flexibility index (Phi) is 6.83. The van der Waals surface area contributed by atoms with Crippen molar-refractivity contribution in [1.29, 1.82) is 0 Å². The lowest BCUT2D eigenvalue weighted by molar-refractivity contribution is -0.952. The van der Waals surface area contributed by atoms with Crippen molar-refractivity contribution in [3.8, 4) is 0 Å². The third-order valence-electron chi connectivity index (χ3n) is 6.43. The second kappa shape index (κ2) is 9.54. The van der Waals surface area contributed by atoms with Gasteiger partial charge in [-0.1, -0.05) is 50.4 Å². The molecule has 6 nitrogen and oxygen atoms in total. The lowest BCUT2D eigenvalue weighted by Gasteiger charge is -2.32. The van der Waals surface area contributed by atoms with Gasteiger partial charge in [-0.3, -0.25) is 0 Å². The van der Waals surface area contributed by atoms with Gasteiger partial charge >= 0.3 is 0 Å². The highest BCUT2D eigenvalue weighted by atomic mass is 35.5. The van der Waals surface area contributed by atoms with Crippen LogP contribution in [0.3, 0.4) is 0 Å². The third kappa shape index (κ3) is 4.98. The summed E-state index contributed by atoms with van der Waals surface area (Å²) in [5.41, 5.74) is 1.29. The molecule has 7 heteroatoms. The van der Waals surface area contributed by atoms with Crippen LogP contribution in [0.4, 0.5) is 0 Å². The van der Waals surface area contributed by atoms with E-state index in [4.69, 9.17) is 16.3 Å². The summed E-state index contributed by atoms with van der Waals surface area (Å²) < 4.78 is 8.15. The van der Waals surface area contributed by atoms with E-state index in [-0.39, 0.29) is 6.04 Å². The van der Waals surface area contributed by atoms with E-state index in [1.165, 1.54) is 36.1 Å². The standard InChI is InChI=1S/C22H32ClN5O/c1-16(2)21(22-24-25-26-28(22)19-6-3-4-7-19)27(15-20-8-5-13-29-20)14-17-9-11-18(23)12-10-17/h9-12,16,19-21H,3-8,13-15H2,1-2H3/p+1/t20-,21-/m0/s1. The number of nitrogens with one attached hydrogen (secondary N) is 1. The molecule has 1 N–H and O–H groups in total. The average molecular weight is 419 g/mol. The van der Waals surface area contributed by atoms with Crippen molar-refractivity contribution >= 4 is 11.6 Å². The van der Waals surface area contributed by atoms with Crippen molar-refractivity contribution in [1.82, 2.24) is 20.2 Å². The highest BCUT2D eigenvalue weighted by Crippen LogP contribution is 2.31. The first kappa shape index (κ1) is 20.8. The predicted molar refractivity (Wildman–Crippen MR) is 113 cm³/mol. The van der Waals surface area contributed by atoms with Crippen LogP contribution in [0.25, 0.3) is 0 Å². The number of benzene rings is 1. The first-order valence-electron chi connectivity index (χ1n) is 11.1. The Morgan fingerprint density at radius 2 is 1.90 bits per heavy atom. The zero-order valence-corrected chi connectivity index (χ0v) is 18.3. The second-order valence-electron chi connectivity index (χ2n) is 8.94. The fourth-order valence-electron chi connectivity index (χ4n) is 5.04. The van der Waals surface area contributed by atoms with Crippen molar-refractivity contribution in [2.45, 2.75) is 77.1 Å². The van der Waals surface area contributed by atoms with E-state index < -0.39 is 0 Å². The number of aromatic nitrogens is 4. The number of halogens is 1. The van der Waals surface area contributed by atoms with Crippen LogP contribution in [0.2, 0.25) is 5.02 Å². The minimum absolute atomic E-state index is 0.227. The van der Waals surface area contributed by atoms with Crippen LogP contribution in [0.1, 0.15) is 75.8 Å². The molecule has 4 rings (SSSR count). The minimum atomic E-state index is 0.227. The van der Waals surface area contributed by atoms with Crippen LogP contribution >= 0.6 is 11.6 Å². The van der Waals surface area contributed by atoms with Crippen molar-refractivity contribution in [3.05, 3.63) is 40.7 Å². The van der Waals surface area contributed by atoms with Crippen LogP contribution in [0, 0.1) is 5.92 Å². The lowest BCUT2D eigenvalue weighted by Crippen LogP contribution is -3.12. The van der Waals surface area contributed by atoms with E-state index in [9.17, 15) is 0 Å². The molecule has 158 valence electrons. The number of tetrazole rings is 1. The average Bonchev–Trinajstić information content (AvgIpc) is 3.45. The van der Waals surface area contributed by atoms with Gasteiger partial charge in [0.15, 0.2) is 6.04 Å². The Hall–Kier alpha value is -1.50. The Labute approximate surface area is 178 Å². The van der Waals surface area contributed by atoms with Gasteiger partial charge in [0.25, 0.3) is 0 Å². The molecule has 0 amide bonds. The molecule has 2 fully saturated rings. The molecule has 1 saturated carbocycles. The van der Waals surface area contributed by atoms with Crippen molar-refractivity contribution in [2.24, 2.45) is 5.92 Å². The van der Waals surface area contributed by atoms with Gasteiger partial charge in [0.2, 0.25) is 5.82 Å². The van der Waals surface area contributed by atoms with Crippen molar-refractivity contribution in [3.63, 3.8) is 0 Å². The second-order valence-corrected chi connectivity index (χ2v) is 9.38. The Morgan fingerprint density at radius 3 is 2.55 bits per heavy atom. The number of quaternary nitrogens is 1. The summed E-state index contributed by atoms with van der Waals surface area (Å²) in [6, 6.07) is 8.90. The monoisotopic (exact) mass is 418 g/mol. The highest BCUT2D eigenvalue weighted by molar-refractivity contribution is 6.30. The van der Waals surface area contributed by atoms with E-state index in [0.29, 0.717) is 18.1 Å². The molecular formula is C22H33ClN5O+. The summed E-state index contributed by atoms with van der Waals surface area (Å²) in [4.78, 5) is 1.48. The van der Waals surface area contributed by atoms with Gasteiger partial charge in [-0.2, -0.15) is 0 Å². The summed E-state index contributed by atoms with van der Waals surface area (Å²) in [6.45, 7) is 7.34. The van der Waals surface area contributed by atoms with Crippen LogP contribution in [-0.2, 0) is 11.3 Å². The Morgan fingerprint density at radius 1 is 1.14 bits per heavy atom. The first-order chi connectivity index (χ1) is 14.1. The van der Waals surface area contributed by atoms with Crippen LogP contribution in [0.5, 0.6) is 0 Å². The maximum atomic E-state index is 6.12. The first-order valence-corrected chi connectivity index (χ1v) is 11.5. The quantitative estimate of drug-likeness (QED) is 0.713. The van der Waals surface area contributed by atoms with Gasteiger partial charge in [-0.05, 0) is 48.2 Å². The van der Waals surface area contributed by atoms with Gasteiger partial charge in [-0.25, -0.2) is 4.68 Å². The molecular weight excluding hydrogens is 386 g/mol. The van der Waals surface area contributed by atoms with Gasteiger partial charge in [0.1, 0.15) is 19.2 Å². The van der Waals surface area contributed by atoms with Gasteiger partial charge in [0.05, 0.1) is 6.04 Å². The van der Waals surface area contributed by atoms with Crippen molar-refractivity contribution in [2.75, 3.05) is 13.2 Å². The summed E-state index contributed by atoms with van der Waals surface area (Å²) in [5, 5.41) is 13.9. The van der Waals surface area contributed by atoms with E-state index in [2.05, 4.69) is 46.2 Å². The fraction of sp³-hybridized carbons (Fsp3) is 0.682. The molecule has 0 spiro atoms. The summed E-state index contributed by atoms with van der Waals surface area (Å²) in [7, 11) is 0. The van der Waals surface area contributed by atoms with Gasteiger partial charge in [0, 0.05) is 23.1 Å². The molecule has 2 aliphatic rings. The van der Waals surface area contributed by atoms with Gasteiger partial charge in [-0.15, -0.1) is 5.10 Å². The predicted octanol–water partition coefficient (Wildman–Crippen LogP) is 3.40. The molecule has 1 saturated heterocycles. The maximum absolute atomic E-state index is 6.12. The summed E-state index contributed by atoms with van der Waals surface area (Å²) in [5.74, 6) is 1.46. The number of ether oxygens (including phenoxy) is 1. The van der Waals surface area contributed by atoms with E-state index in [0.717, 1.165) is 43.4 Å². The molecule has 0 bridgehead atoms. The number of hydrogen-bond acceptors (Lipinski definition) is 4. The molecule has 1 aromatic carbocycles. The summed E-state index contributed by atoms with van der Waals surface area (Å²) in [6.07, 6.45) is 7.52. The Bertz CT molecular complexity index is 766. The molecule has 1 unspecified atom stereocenters. The zero-order valence-electron chi connectivity index (χ0n) is 17.6. The maximum Gasteiger partial charge on any atom is 0.209 e. The summed E-state index contributed by atoms with van der Waals surface area (Å²) >= 11 is 6.12. The van der Waals surface area contributed by atoms with Crippen LogP contribution < -0.4 is 4.90 Å². The smallest absolute Gasteiger partial charge is 0.209 e. The molecule has 1 aliphatic carbocycles. The topological polar surface area (TPSA) is 57.3 Å². The number of hydrogen-bond donors (Lipinski definition) is 1. The van der Waals surface area contributed by atoms with Gasteiger partial charge < -0.3 is 9.64 Å². The Balaban J connectivity index is 1.63. The number of rotatable bonds is 8. The normalized spacial score (nSPS) is 22.4. The van der Waals surface area contributed by atoms with Crippen LogP contribution in [0.15, 0.2) is 24.3 Å². The molecule has 29 heavy (non-hydrogen) atoms. The highest BCUT2D eigenvalue weighted by Gasteiger charge is 2.37.